The van der Waals surface area contributed by atoms with Crippen molar-refractivity contribution in [2.75, 3.05) is 13.1 Å². The summed E-state index contributed by atoms with van der Waals surface area (Å²) in [5, 5.41) is 13.3. The minimum absolute atomic E-state index is 0.168. The average Bonchev–Trinajstić information content (AvgIpc) is 2.81. The molecule has 5 nitrogen and oxygen atoms in total. The molecule has 124 valence electrons. The van der Waals surface area contributed by atoms with Crippen LogP contribution in [0.25, 0.3) is 0 Å². The van der Waals surface area contributed by atoms with Crippen LogP contribution >= 0.6 is 0 Å². The first-order chi connectivity index (χ1) is 10.9. The zero-order valence-corrected chi connectivity index (χ0v) is 14.0. The van der Waals surface area contributed by atoms with Gasteiger partial charge >= 0.3 is 5.97 Å². The summed E-state index contributed by atoms with van der Waals surface area (Å²) in [5.41, 5.74) is 3.27. The normalized spacial score (nSPS) is 29.2. The van der Waals surface area contributed by atoms with Crippen LogP contribution in [0.15, 0.2) is 17.7 Å². The van der Waals surface area contributed by atoms with Crippen molar-refractivity contribution in [2.45, 2.75) is 46.2 Å². The highest BCUT2D eigenvalue weighted by molar-refractivity contribution is 5.85. The molecule has 5 rings (SSSR count). The molecule has 0 spiro atoms. The van der Waals surface area contributed by atoms with Crippen molar-refractivity contribution in [3.8, 4) is 0 Å². The number of fused-ring (bicyclic) bond motifs is 2. The van der Waals surface area contributed by atoms with E-state index in [0.717, 1.165) is 50.1 Å². The first kappa shape index (κ1) is 14.9. The van der Waals surface area contributed by atoms with Crippen LogP contribution in [0, 0.1) is 17.3 Å². The largest absolute Gasteiger partial charge is 0.476 e. The lowest BCUT2D eigenvalue weighted by Crippen LogP contribution is -2.49. The van der Waals surface area contributed by atoms with Crippen LogP contribution in [0.4, 0.5) is 0 Å². The quantitative estimate of drug-likeness (QED) is 0.871. The van der Waals surface area contributed by atoms with E-state index in [1.165, 1.54) is 12.8 Å². The van der Waals surface area contributed by atoms with E-state index in [9.17, 15) is 4.79 Å². The number of carboxylic acids is 1. The van der Waals surface area contributed by atoms with Crippen molar-refractivity contribution in [3.05, 3.63) is 29.1 Å². The van der Waals surface area contributed by atoms with Gasteiger partial charge in [0.25, 0.3) is 0 Å². The minimum atomic E-state index is -0.936. The van der Waals surface area contributed by atoms with Gasteiger partial charge in [0, 0.05) is 26.2 Å². The van der Waals surface area contributed by atoms with E-state index in [1.54, 1.807) is 11.6 Å². The summed E-state index contributed by atoms with van der Waals surface area (Å²) >= 11 is 0. The molecule has 2 heterocycles. The maximum absolute atomic E-state index is 11.1. The van der Waals surface area contributed by atoms with Crippen LogP contribution in [0.2, 0.25) is 0 Å². The molecule has 1 aromatic heterocycles. The summed E-state index contributed by atoms with van der Waals surface area (Å²) in [5.74, 6) is 0.679. The number of aryl methyl sites for hydroxylation is 1. The lowest BCUT2D eigenvalue weighted by atomic mass is 9.49. The van der Waals surface area contributed by atoms with Gasteiger partial charge in [0.15, 0.2) is 5.69 Å². The molecule has 0 aromatic carbocycles. The molecule has 0 unspecified atom stereocenters. The van der Waals surface area contributed by atoms with Crippen molar-refractivity contribution < 1.29 is 9.90 Å². The van der Waals surface area contributed by atoms with Gasteiger partial charge in [-0.1, -0.05) is 25.5 Å². The van der Waals surface area contributed by atoms with Crippen LogP contribution in [0.3, 0.4) is 0 Å². The smallest absolute Gasteiger partial charge is 0.356 e. The third-order valence-corrected chi connectivity index (χ3v) is 6.30. The summed E-state index contributed by atoms with van der Waals surface area (Å²) in [6, 6.07) is 1.74. The zero-order valence-electron chi connectivity index (χ0n) is 14.0. The van der Waals surface area contributed by atoms with Gasteiger partial charge in [0.05, 0.1) is 5.69 Å². The fraction of sp³-hybridized carbons (Fsp3) is 0.667. The molecule has 5 heteroatoms. The van der Waals surface area contributed by atoms with E-state index < -0.39 is 5.97 Å². The fourth-order valence-corrected chi connectivity index (χ4v) is 4.68. The molecule has 0 radical (unpaired) electrons. The number of aromatic carboxylic acids is 1. The predicted molar refractivity (Wildman–Crippen MR) is 87.2 cm³/mol. The highest BCUT2D eigenvalue weighted by atomic mass is 16.4. The molecule has 1 saturated carbocycles. The molecule has 3 aliphatic carbocycles. The molecule has 1 aromatic rings. The number of allylic oxidation sites excluding steroid dienone is 1. The number of rotatable bonds is 3. The van der Waals surface area contributed by atoms with E-state index in [2.05, 4.69) is 29.9 Å². The van der Waals surface area contributed by atoms with E-state index in [0.29, 0.717) is 5.41 Å². The molecule has 0 saturated heterocycles. The van der Waals surface area contributed by atoms with Crippen LogP contribution in [-0.2, 0) is 13.1 Å². The Hall–Kier alpha value is -1.62. The molecule has 2 atom stereocenters. The van der Waals surface area contributed by atoms with Gasteiger partial charge in [0.2, 0.25) is 0 Å². The average molecular weight is 315 g/mol. The van der Waals surface area contributed by atoms with Crippen LogP contribution in [0.1, 0.15) is 49.3 Å². The number of hydrogen-bond acceptors (Lipinski definition) is 3. The Labute approximate surface area is 137 Å². The predicted octanol–water partition coefficient (Wildman–Crippen LogP) is 2.78. The van der Waals surface area contributed by atoms with Gasteiger partial charge in [-0.15, -0.1) is 0 Å². The zero-order chi connectivity index (χ0) is 16.2. The summed E-state index contributed by atoms with van der Waals surface area (Å²) in [7, 11) is 0. The second kappa shape index (κ2) is 5.20. The molecule has 1 aliphatic heterocycles. The SMILES string of the molecule is CC1(C)[C@@H]2CC=C(CN3CCCn4nc(C(=O)O)cc4C3)[C@H]1C2. The van der Waals surface area contributed by atoms with Gasteiger partial charge < -0.3 is 5.11 Å². The topological polar surface area (TPSA) is 58.4 Å². The van der Waals surface area contributed by atoms with E-state index in [1.807, 2.05) is 4.68 Å². The van der Waals surface area contributed by atoms with Crippen molar-refractivity contribution in [1.82, 2.24) is 14.7 Å². The molecule has 1 N–H and O–H groups in total. The highest BCUT2D eigenvalue weighted by Gasteiger charge is 2.51. The Bertz CT molecular complexity index is 674. The Balaban J connectivity index is 1.50. The molecular formula is C18H25N3O2. The molecule has 4 aliphatic rings. The summed E-state index contributed by atoms with van der Waals surface area (Å²) < 4.78 is 1.88. The summed E-state index contributed by atoms with van der Waals surface area (Å²) in [6.07, 6.45) is 6.08. The van der Waals surface area contributed by atoms with Gasteiger partial charge in [-0.05, 0) is 42.6 Å². The Morgan fingerprint density at radius 3 is 2.96 bits per heavy atom. The molecule has 2 bridgehead atoms. The van der Waals surface area contributed by atoms with Crippen molar-refractivity contribution in [1.29, 1.82) is 0 Å². The summed E-state index contributed by atoms with van der Waals surface area (Å²) in [6.45, 7) is 8.52. The Morgan fingerprint density at radius 2 is 2.26 bits per heavy atom. The van der Waals surface area contributed by atoms with Crippen LogP contribution < -0.4 is 0 Å². The summed E-state index contributed by atoms with van der Waals surface area (Å²) in [4.78, 5) is 13.6. The first-order valence-electron chi connectivity index (χ1n) is 8.66. The van der Waals surface area contributed by atoms with Crippen LogP contribution in [0.5, 0.6) is 0 Å². The monoisotopic (exact) mass is 315 g/mol. The van der Waals surface area contributed by atoms with Gasteiger partial charge in [-0.3, -0.25) is 9.58 Å². The van der Waals surface area contributed by atoms with Crippen molar-refractivity contribution in [3.63, 3.8) is 0 Å². The molecule has 23 heavy (non-hydrogen) atoms. The first-order valence-corrected chi connectivity index (χ1v) is 8.66. The Morgan fingerprint density at radius 1 is 1.43 bits per heavy atom. The minimum Gasteiger partial charge on any atom is -0.476 e. The number of carbonyl (C=O) groups is 1. The van der Waals surface area contributed by atoms with E-state index in [-0.39, 0.29) is 5.69 Å². The third-order valence-electron chi connectivity index (χ3n) is 6.30. The number of aromatic nitrogens is 2. The highest BCUT2D eigenvalue weighted by Crippen LogP contribution is 2.59. The molecular weight excluding hydrogens is 290 g/mol. The molecule has 0 amide bonds. The fourth-order valence-electron chi connectivity index (χ4n) is 4.68. The van der Waals surface area contributed by atoms with Gasteiger partial charge in [-0.25, -0.2) is 4.79 Å². The van der Waals surface area contributed by atoms with Gasteiger partial charge in [0.1, 0.15) is 0 Å². The number of hydrogen-bond donors (Lipinski definition) is 1. The molecule has 1 fully saturated rings. The van der Waals surface area contributed by atoms with E-state index in [4.69, 9.17) is 5.11 Å². The second-order valence-corrected chi connectivity index (χ2v) is 7.93. The maximum atomic E-state index is 11.1. The van der Waals surface area contributed by atoms with Gasteiger partial charge in [-0.2, -0.15) is 5.10 Å². The third kappa shape index (κ3) is 2.42. The number of carboxylic acid groups (broad SMARTS) is 1. The second-order valence-electron chi connectivity index (χ2n) is 7.93. The van der Waals surface area contributed by atoms with Crippen LogP contribution in [-0.4, -0.2) is 38.8 Å². The lowest BCUT2D eigenvalue weighted by Gasteiger charge is -2.57. The van der Waals surface area contributed by atoms with Crippen molar-refractivity contribution in [2.24, 2.45) is 17.3 Å². The lowest BCUT2D eigenvalue weighted by molar-refractivity contribution is -0.0108. The number of nitrogens with zero attached hydrogens (tertiary/aromatic N) is 3. The standard InChI is InChI=1S/C18H25N3O2/c1-18(2)13-5-4-12(15(18)8-13)10-20-6-3-7-21-14(11-20)9-16(19-21)17(22)23/h4,9,13,15H,3,5-8,10-11H2,1-2H3,(H,22,23)/t13-,15-/m1/s1. The Kier molecular flexibility index (Phi) is 3.38. The van der Waals surface area contributed by atoms with Crippen molar-refractivity contribution >= 4 is 5.97 Å². The maximum Gasteiger partial charge on any atom is 0.356 e. The van der Waals surface area contributed by atoms with E-state index >= 15 is 0 Å².